The summed E-state index contributed by atoms with van der Waals surface area (Å²) in [4.78, 5) is 10.1. The van der Waals surface area contributed by atoms with E-state index in [4.69, 9.17) is 4.52 Å². The fraction of sp³-hybridized carbons (Fsp3) is 0.643. The van der Waals surface area contributed by atoms with Gasteiger partial charge in [0.05, 0.1) is 5.01 Å². The van der Waals surface area contributed by atoms with Gasteiger partial charge in [-0.3, -0.25) is 0 Å². The van der Waals surface area contributed by atoms with Gasteiger partial charge < -0.3 is 9.42 Å². The third kappa shape index (κ3) is 3.49. The monoisotopic (exact) mass is 346 g/mol. The Morgan fingerprint density at radius 2 is 2.13 bits per heavy atom. The maximum atomic E-state index is 12.7. The molecule has 9 heteroatoms. The van der Waals surface area contributed by atoms with Gasteiger partial charge in [-0.2, -0.15) is 18.2 Å². The number of nitrogens with zero attached hydrogens (tertiary/aromatic N) is 4. The van der Waals surface area contributed by atoms with Crippen molar-refractivity contribution >= 4 is 17.4 Å². The standard InChI is InChI=1S/C14H17F3N4OS/c1-8(2)11-19-13(22-20-11)21-5-3-4-9(6-21)12-18-10(7-23-12)14(15,16)17/h7-9H,3-6H2,1-2H3. The second kappa shape index (κ2) is 6.10. The number of rotatable bonds is 3. The summed E-state index contributed by atoms with van der Waals surface area (Å²) < 4.78 is 43.3. The normalized spacial score (nSPS) is 19.6. The largest absolute Gasteiger partial charge is 0.434 e. The maximum Gasteiger partial charge on any atom is 0.434 e. The van der Waals surface area contributed by atoms with Crippen molar-refractivity contribution in [1.29, 1.82) is 0 Å². The smallest absolute Gasteiger partial charge is 0.324 e. The van der Waals surface area contributed by atoms with Crippen molar-refractivity contribution in [3.8, 4) is 0 Å². The lowest BCUT2D eigenvalue weighted by Gasteiger charge is -2.30. The van der Waals surface area contributed by atoms with Gasteiger partial charge in [0.25, 0.3) is 0 Å². The van der Waals surface area contributed by atoms with Crippen molar-refractivity contribution in [2.75, 3.05) is 18.0 Å². The lowest BCUT2D eigenvalue weighted by atomic mass is 9.99. The zero-order valence-corrected chi connectivity index (χ0v) is 13.6. The highest BCUT2D eigenvalue weighted by atomic mass is 32.1. The zero-order valence-electron chi connectivity index (χ0n) is 12.8. The van der Waals surface area contributed by atoms with Crippen LogP contribution in [0.5, 0.6) is 0 Å². The minimum Gasteiger partial charge on any atom is -0.324 e. The average Bonchev–Trinajstić information content (AvgIpc) is 3.16. The lowest BCUT2D eigenvalue weighted by molar-refractivity contribution is -0.140. The van der Waals surface area contributed by atoms with Gasteiger partial charge in [-0.1, -0.05) is 19.0 Å². The molecule has 0 aliphatic carbocycles. The Morgan fingerprint density at radius 1 is 1.35 bits per heavy atom. The predicted octanol–water partition coefficient (Wildman–Crippen LogP) is 4.05. The van der Waals surface area contributed by atoms with Gasteiger partial charge >= 0.3 is 12.2 Å². The number of piperidine rings is 1. The number of halogens is 3. The van der Waals surface area contributed by atoms with Gasteiger partial charge in [0.1, 0.15) is 0 Å². The van der Waals surface area contributed by atoms with Crippen LogP contribution in [-0.4, -0.2) is 28.2 Å². The Balaban J connectivity index is 1.74. The fourth-order valence-corrected chi connectivity index (χ4v) is 3.50. The molecule has 2 aromatic heterocycles. The summed E-state index contributed by atoms with van der Waals surface area (Å²) in [5, 5.41) is 5.54. The Kier molecular flexibility index (Phi) is 4.31. The van der Waals surface area contributed by atoms with E-state index in [0.29, 0.717) is 23.4 Å². The summed E-state index contributed by atoms with van der Waals surface area (Å²) in [6, 6.07) is 0.436. The SMILES string of the molecule is CC(C)c1noc(N2CCCC(c3nc(C(F)(F)F)cs3)C2)n1. The molecule has 1 fully saturated rings. The summed E-state index contributed by atoms with van der Waals surface area (Å²) in [6.07, 6.45) is -2.72. The van der Waals surface area contributed by atoms with E-state index in [1.807, 2.05) is 18.7 Å². The van der Waals surface area contributed by atoms with Gasteiger partial charge in [0, 0.05) is 30.3 Å². The molecular weight excluding hydrogens is 329 g/mol. The molecular formula is C14H17F3N4OS. The Hall–Kier alpha value is -1.64. The second-order valence-corrected chi connectivity index (χ2v) is 6.83. The number of anilines is 1. The summed E-state index contributed by atoms with van der Waals surface area (Å²) >= 11 is 1.07. The summed E-state index contributed by atoms with van der Waals surface area (Å²) in [5.41, 5.74) is -0.811. The van der Waals surface area contributed by atoms with E-state index in [1.54, 1.807) is 0 Å². The van der Waals surface area contributed by atoms with Crippen LogP contribution >= 0.6 is 11.3 Å². The quantitative estimate of drug-likeness (QED) is 0.839. The molecule has 0 amide bonds. The molecule has 3 heterocycles. The molecule has 1 unspecified atom stereocenters. The van der Waals surface area contributed by atoms with Crippen molar-refractivity contribution in [2.45, 2.75) is 44.7 Å². The second-order valence-electron chi connectivity index (χ2n) is 5.94. The van der Waals surface area contributed by atoms with Crippen LogP contribution in [0.15, 0.2) is 9.90 Å². The van der Waals surface area contributed by atoms with E-state index in [2.05, 4.69) is 15.1 Å². The first-order chi connectivity index (χ1) is 10.8. The van der Waals surface area contributed by atoms with E-state index >= 15 is 0 Å². The predicted molar refractivity (Wildman–Crippen MR) is 79.7 cm³/mol. The molecule has 0 radical (unpaired) electrons. The Bertz CT molecular complexity index is 667. The molecule has 0 spiro atoms. The molecule has 1 atom stereocenters. The first kappa shape index (κ1) is 16.2. The molecule has 23 heavy (non-hydrogen) atoms. The van der Waals surface area contributed by atoms with E-state index < -0.39 is 11.9 Å². The zero-order chi connectivity index (χ0) is 16.6. The highest BCUT2D eigenvalue weighted by molar-refractivity contribution is 7.09. The lowest BCUT2D eigenvalue weighted by Crippen LogP contribution is -2.34. The first-order valence-corrected chi connectivity index (χ1v) is 8.33. The van der Waals surface area contributed by atoms with Crippen molar-refractivity contribution < 1.29 is 17.7 Å². The molecule has 0 bridgehead atoms. The Morgan fingerprint density at radius 3 is 2.74 bits per heavy atom. The van der Waals surface area contributed by atoms with Crippen molar-refractivity contribution in [1.82, 2.24) is 15.1 Å². The van der Waals surface area contributed by atoms with Crippen LogP contribution in [0.3, 0.4) is 0 Å². The van der Waals surface area contributed by atoms with E-state index in [1.165, 1.54) is 0 Å². The first-order valence-electron chi connectivity index (χ1n) is 7.45. The molecule has 3 rings (SSSR count). The topological polar surface area (TPSA) is 55.1 Å². The minimum atomic E-state index is -4.39. The molecule has 2 aromatic rings. The molecule has 0 N–H and O–H groups in total. The van der Waals surface area contributed by atoms with Crippen LogP contribution in [0.1, 0.15) is 55.1 Å². The van der Waals surface area contributed by atoms with E-state index in [0.717, 1.165) is 36.1 Å². The number of hydrogen-bond donors (Lipinski definition) is 0. The maximum absolute atomic E-state index is 12.7. The van der Waals surface area contributed by atoms with E-state index in [9.17, 15) is 13.2 Å². The van der Waals surface area contributed by atoms with Crippen LogP contribution in [0.4, 0.5) is 19.2 Å². The number of thiazole rings is 1. The summed E-state index contributed by atoms with van der Waals surface area (Å²) in [5.74, 6) is 0.761. The molecule has 126 valence electrons. The van der Waals surface area contributed by atoms with Crippen molar-refractivity contribution in [3.05, 3.63) is 21.9 Å². The van der Waals surface area contributed by atoms with Gasteiger partial charge in [-0.05, 0) is 12.8 Å². The van der Waals surface area contributed by atoms with Crippen LogP contribution in [0.25, 0.3) is 0 Å². The fourth-order valence-electron chi connectivity index (χ4n) is 2.55. The van der Waals surface area contributed by atoms with Crippen LogP contribution in [-0.2, 0) is 6.18 Å². The molecule has 1 aliphatic rings. The van der Waals surface area contributed by atoms with Crippen molar-refractivity contribution in [2.24, 2.45) is 0 Å². The Labute approximate surface area is 135 Å². The average molecular weight is 346 g/mol. The van der Waals surface area contributed by atoms with Gasteiger partial charge in [0.2, 0.25) is 0 Å². The summed E-state index contributed by atoms with van der Waals surface area (Å²) in [7, 11) is 0. The molecule has 5 nitrogen and oxygen atoms in total. The number of aromatic nitrogens is 3. The van der Waals surface area contributed by atoms with Crippen LogP contribution < -0.4 is 4.90 Å². The van der Waals surface area contributed by atoms with Gasteiger partial charge in [0.15, 0.2) is 11.5 Å². The number of hydrogen-bond acceptors (Lipinski definition) is 6. The highest BCUT2D eigenvalue weighted by Crippen LogP contribution is 2.35. The summed E-state index contributed by atoms with van der Waals surface area (Å²) in [6.45, 7) is 5.25. The van der Waals surface area contributed by atoms with Crippen LogP contribution in [0.2, 0.25) is 0 Å². The van der Waals surface area contributed by atoms with Crippen molar-refractivity contribution in [3.63, 3.8) is 0 Å². The molecule has 1 aliphatic heterocycles. The molecule has 1 saturated heterocycles. The third-order valence-electron chi connectivity index (χ3n) is 3.80. The third-order valence-corrected chi connectivity index (χ3v) is 4.81. The van der Waals surface area contributed by atoms with Gasteiger partial charge in [-0.25, -0.2) is 4.98 Å². The van der Waals surface area contributed by atoms with Crippen LogP contribution in [0, 0.1) is 0 Å². The van der Waals surface area contributed by atoms with Gasteiger partial charge in [-0.15, -0.1) is 11.3 Å². The molecule has 0 aromatic carbocycles. The van der Waals surface area contributed by atoms with E-state index in [-0.39, 0.29) is 11.8 Å². The number of alkyl halides is 3. The molecule has 0 saturated carbocycles. The minimum absolute atomic E-state index is 0.0424. The highest BCUT2D eigenvalue weighted by Gasteiger charge is 2.35.